The third-order valence-electron chi connectivity index (χ3n) is 6.24. The maximum absolute atomic E-state index is 15.1. The average Bonchev–Trinajstić information content (AvgIpc) is 3.40. The molecule has 0 saturated heterocycles. The standard InChI is InChI=1S/C26H25FN8O4/c1-4-9-35(13-16-11-19-22(10-14(16)2)28-15(3)29-25(19)37)17-5-6-18(20(27)12-17)24(36)30-21(26(38)39)7-8-23-31-33-34-32-23/h1,5-6,10-12,19,21H,7-9,13H2,2-3H3,(H,30,36)(H,38,39)(H,31,32,33,34)/t19?,21-/m1/s1. The molecule has 1 aromatic heterocycles. The van der Waals surface area contributed by atoms with Crippen LogP contribution in [0.1, 0.15) is 36.5 Å². The number of hydrogen-bond donors (Lipinski definition) is 3. The zero-order valence-corrected chi connectivity index (χ0v) is 21.2. The van der Waals surface area contributed by atoms with Gasteiger partial charge in [-0.25, -0.2) is 14.2 Å². The number of amides is 2. The van der Waals surface area contributed by atoms with E-state index in [0.29, 0.717) is 17.2 Å². The van der Waals surface area contributed by atoms with Crippen molar-refractivity contribution in [2.24, 2.45) is 15.9 Å². The first-order valence-corrected chi connectivity index (χ1v) is 12.0. The predicted molar refractivity (Wildman–Crippen MR) is 140 cm³/mol. The SMILES string of the molecule is C#CCN(CC1=CC2C(=O)N=C(C)N=C2C=C1C)c1ccc(C(=O)N[C@H](CCc2nn[nH]n2)C(=O)O)c(F)c1. The number of carbonyl (C=O) groups is 3. The Balaban J connectivity index is 1.49. The maximum atomic E-state index is 15.1. The van der Waals surface area contributed by atoms with Crippen LogP contribution in [-0.4, -0.2) is 74.2 Å². The molecular formula is C26H25FN8O4. The second kappa shape index (κ2) is 11.6. The lowest BCUT2D eigenvalue weighted by molar-refractivity contribution is -0.139. The first kappa shape index (κ1) is 27.1. The van der Waals surface area contributed by atoms with E-state index in [1.807, 2.05) is 13.0 Å². The Morgan fingerprint density at radius 3 is 2.77 bits per heavy atom. The van der Waals surface area contributed by atoms with Gasteiger partial charge in [-0.3, -0.25) is 9.59 Å². The highest BCUT2D eigenvalue weighted by Gasteiger charge is 2.29. The first-order valence-electron chi connectivity index (χ1n) is 12.0. The van der Waals surface area contributed by atoms with Gasteiger partial charge in [0.2, 0.25) is 0 Å². The van der Waals surface area contributed by atoms with Crippen molar-refractivity contribution in [2.45, 2.75) is 32.7 Å². The summed E-state index contributed by atoms with van der Waals surface area (Å²) in [5, 5.41) is 25.0. The number of aromatic nitrogens is 4. The molecule has 1 unspecified atom stereocenters. The van der Waals surface area contributed by atoms with Gasteiger partial charge in [0.25, 0.3) is 11.8 Å². The molecule has 3 N–H and O–H groups in total. The lowest BCUT2D eigenvalue weighted by Crippen LogP contribution is -2.41. The van der Waals surface area contributed by atoms with Crippen LogP contribution in [0.4, 0.5) is 10.1 Å². The van der Waals surface area contributed by atoms with Crippen molar-refractivity contribution in [3.05, 3.63) is 58.7 Å². The Bertz CT molecular complexity index is 1470. The van der Waals surface area contributed by atoms with Crippen molar-refractivity contribution in [3.63, 3.8) is 0 Å². The molecule has 2 heterocycles. The molecule has 0 fully saturated rings. The molecule has 1 aromatic carbocycles. The second-order valence-corrected chi connectivity index (χ2v) is 8.99. The number of aryl methyl sites for hydroxylation is 1. The summed E-state index contributed by atoms with van der Waals surface area (Å²) in [4.78, 5) is 46.8. The molecule has 2 aliphatic rings. The van der Waals surface area contributed by atoms with E-state index in [1.54, 1.807) is 17.9 Å². The number of amidine groups is 1. The number of terminal acetylenes is 1. The third-order valence-corrected chi connectivity index (χ3v) is 6.24. The van der Waals surface area contributed by atoms with Gasteiger partial charge in [-0.05, 0) is 55.7 Å². The molecule has 2 atom stereocenters. The first-order chi connectivity index (χ1) is 18.7. The van der Waals surface area contributed by atoms with Crippen molar-refractivity contribution >= 4 is 35.0 Å². The van der Waals surface area contributed by atoms with E-state index < -0.39 is 29.7 Å². The Morgan fingerprint density at radius 2 is 2.10 bits per heavy atom. The number of halogens is 1. The maximum Gasteiger partial charge on any atom is 0.326 e. The summed E-state index contributed by atoms with van der Waals surface area (Å²) < 4.78 is 15.1. The van der Waals surface area contributed by atoms with Crippen LogP contribution in [0.5, 0.6) is 0 Å². The number of aromatic amines is 1. The van der Waals surface area contributed by atoms with E-state index in [9.17, 15) is 19.5 Å². The fourth-order valence-electron chi connectivity index (χ4n) is 4.23. The van der Waals surface area contributed by atoms with Gasteiger partial charge in [-0.15, -0.1) is 16.6 Å². The summed E-state index contributed by atoms with van der Waals surface area (Å²) in [6, 6.07) is 2.67. The number of tetrazole rings is 1. The molecule has 2 amide bonds. The highest BCUT2D eigenvalue weighted by Crippen LogP contribution is 2.27. The molecule has 0 spiro atoms. The van der Waals surface area contributed by atoms with Gasteiger partial charge in [0.1, 0.15) is 23.6 Å². The fraction of sp³-hybridized carbons (Fsp3) is 0.308. The Labute approximate surface area is 222 Å². The van der Waals surface area contributed by atoms with Crippen LogP contribution in [0.15, 0.2) is 51.5 Å². The molecule has 1 aliphatic heterocycles. The summed E-state index contributed by atoms with van der Waals surface area (Å²) in [5.74, 6) is -0.663. The van der Waals surface area contributed by atoms with E-state index in [4.69, 9.17) is 6.42 Å². The normalized spacial score (nSPS) is 17.1. The van der Waals surface area contributed by atoms with E-state index >= 15 is 4.39 Å². The monoisotopic (exact) mass is 532 g/mol. The molecule has 0 saturated carbocycles. The summed E-state index contributed by atoms with van der Waals surface area (Å²) in [6.45, 7) is 3.95. The molecular weight excluding hydrogens is 507 g/mol. The summed E-state index contributed by atoms with van der Waals surface area (Å²) in [6.07, 6.45) is 9.31. The van der Waals surface area contributed by atoms with Crippen LogP contribution in [-0.2, 0) is 16.0 Å². The quantitative estimate of drug-likeness (QED) is 0.387. The summed E-state index contributed by atoms with van der Waals surface area (Å²) in [7, 11) is 0. The van der Waals surface area contributed by atoms with Crippen LogP contribution in [0.2, 0.25) is 0 Å². The lowest BCUT2D eigenvalue weighted by atomic mass is 9.88. The van der Waals surface area contributed by atoms with Crippen LogP contribution >= 0.6 is 0 Å². The minimum atomic E-state index is -1.29. The number of aliphatic imine (C=N–C) groups is 2. The molecule has 39 heavy (non-hydrogen) atoms. The predicted octanol–water partition coefficient (Wildman–Crippen LogP) is 1.50. The van der Waals surface area contributed by atoms with E-state index in [2.05, 4.69) is 41.8 Å². The van der Waals surface area contributed by atoms with Gasteiger partial charge in [-0.2, -0.15) is 10.2 Å². The van der Waals surface area contributed by atoms with Gasteiger partial charge in [0, 0.05) is 18.7 Å². The zero-order chi connectivity index (χ0) is 28.1. The number of carboxylic acid groups (broad SMARTS) is 1. The number of H-pyrrole nitrogens is 1. The number of carbonyl (C=O) groups excluding carboxylic acids is 2. The highest BCUT2D eigenvalue weighted by molar-refractivity contribution is 6.21. The average molecular weight is 533 g/mol. The number of aliphatic carboxylic acids is 1. The minimum absolute atomic E-state index is 0.0148. The van der Waals surface area contributed by atoms with Crippen LogP contribution < -0.4 is 10.2 Å². The number of nitrogens with one attached hydrogen (secondary N) is 2. The number of carboxylic acids is 1. The van der Waals surface area contributed by atoms with Gasteiger partial charge in [0.05, 0.1) is 17.8 Å². The molecule has 2 aromatic rings. The summed E-state index contributed by atoms with van der Waals surface area (Å²) >= 11 is 0. The highest BCUT2D eigenvalue weighted by atomic mass is 19.1. The van der Waals surface area contributed by atoms with E-state index in [-0.39, 0.29) is 43.2 Å². The van der Waals surface area contributed by atoms with E-state index in [0.717, 1.165) is 17.2 Å². The number of hydrogen-bond acceptors (Lipinski definition) is 8. The molecule has 200 valence electrons. The largest absolute Gasteiger partial charge is 0.480 e. The van der Waals surface area contributed by atoms with Crippen LogP contribution in [0.3, 0.4) is 0 Å². The van der Waals surface area contributed by atoms with Crippen molar-refractivity contribution in [3.8, 4) is 12.3 Å². The minimum Gasteiger partial charge on any atom is -0.480 e. The smallest absolute Gasteiger partial charge is 0.326 e. The number of allylic oxidation sites excluding steroid dienone is 1. The third kappa shape index (κ3) is 6.30. The lowest BCUT2D eigenvalue weighted by Gasteiger charge is -2.28. The molecule has 12 nitrogen and oxygen atoms in total. The summed E-state index contributed by atoms with van der Waals surface area (Å²) in [5.41, 5.74) is 2.40. The number of benzene rings is 1. The van der Waals surface area contributed by atoms with Crippen molar-refractivity contribution in [1.82, 2.24) is 25.9 Å². The van der Waals surface area contributed by atoms with Gasteiger partial charge < -0.3 is 15.3 Å². The van der Waals surface area contributed by atoms with Gasteiger partial charge in [0.15, 0.2) is 5.82 Å². The van der Waals surface area contributed by atoms with Crippen LogP contribution in [0.25, 0.3) is 0 Å². The molecule has 1 aliphatic carbocycles. The van der Waals surface area contributed by atoms with Crippen LogP contribution in [0, 0.1) is 24.1 Å². The van der Waals surface area contributed by atoms with Crippen molar-refractivity contribution in [1.29, 1.82) is 0 Å². The van der Waals surface area contributed by atoms with Gasteiger partial charge in [-0.1, -0.05) is 17.2 Å². The zero-order valence-electron chi connectivity index (χ0n) is 21.2. The fourth-order valence-corrected chi connectivity index (χ4v) is 4.23. The number of fused-ring (bicyclic) bond motifs is 1. The molecule has 13 heteroatoms. The topological polar surface area (TPSA) is 166 Å². The Kier molecular flexibility index (Phi) is 8.04. The molecule has 4 rings (SSSR count). The number of nitrogens with zero attached hydrogens (tertiary/aromatic N) is 6. The molecule has 0 radical (unpaired) electrons. The number of anilines is 1. The van der Waals surface area contributed by atoms with Gasteiger partial charge >= 0.3 is 5.97 Å². The van der Waals surface area contributed by atoms with Crippen molar-refractivity contribution < 1.29 is 23.9 Å². The Hall–Kier alpha value is -4.99. The van der Waals surface area contributed by atoms with Crippen molar-refractivity contribution in [2.75, 3.05) is 18.0 Å². The number of rotatable bonds is 10. The second-order valence-electron chi connectivity index (χ2n) is 8.99. The van der Waals surface area contributed by atoms with E-state index in [1.165, 1.54) is 12.1 Å². The Morgan fingerprint density at radius 1 is 1.31 bits per heavy atom. The molecule has 0 bridgehead atoms.